The van der Waals surface area contributed by atoms with E-state index in [-0.39, 0.29) is 23.1 Å². The largest absolute Gasteiger partial charge is 0.350 e. The summed E-state index contributed by atoms with van der Waals surface area (Å²) >= 11 is 0. The maximum absolute atomic E-state index is 11.7. The third kappa shape index (κ3) is 3.07. The standard InChI is InChI=1S/C9H12O3.C9H12O2/c1-8(2)4-5(10)6-9(3,12-6)7(8)11;1-6-4-7(10)5-9(2,3)8(6)11/h6H,4H2,1-3H3;4H,5H2,1-3H3. The zero-order valence-electron chi connectivity index (χ0n) is 14.6. The first-order valence-corrected chi connectivity index (χ1v) is 7.83. The fraction of sp³-hybridized carbons (Fsp3) is 0.667. The van der Waals surface area contributed by atoms with Gasteiger partial charge in [-0.2, -0.15) is 0 Å². The van der Waals surface area contributed by atoms with Gasteiger partial charge in [0.15, 0.2) is 34.8 Å². The average molecular weight is 320 g/mol. The predicted molar refractivity (Wildman–Crippen MR) is 83.9 cm³/mol. The number of ketones is 4. The quantitative estimate of drug-likeness (QED) is 0.639. The number of Topliss-reactive ketones (excluding diaryl/α,β-unsaturated/α-hetero) is 3. The van der Waals surface area contributed by atoms with Crippen molar-refractivity contribution >= 4 is 23.1 Å². The molecule has 2 fully saturated rings. The Hall–Kier alpha value is -1.62. The third-order valence-corrected chi connectivity index (χ3v) is 4.75. The number of allylic oxidation sites excluding steroid dienone is 2. The van der Waals surface area contributed by atoms with Crippen molar-refractivity contribution in [3.8, 4) is 0 Å². The summed E-state index contributed by atoms with van der Waals surface area (Å²) in [6.45, 7) is 10.6. The lowest BCUT2D eigenvalue weighted by Crippen LogP contribution is -2.45. The third-order valence-electron chi connectivity index (χ3n) is 4.75. The zero-order chi connectivity index (χ0) is 17.8. The molecule has 1 saturated heterocycles. The topological polar surface area (TPSA) is 80.8 Å². The summed E-state index contributed by atoms with van der Waals surface area (Å²) in [7, 11) is 0. The van der Waals surface area contributed by atoms with Gasteiger partial charge < -0.3 is 4.74 Å². The molecule has 23 heavy (non-hydrogen) atoms. The van der Waals surface area contributed by atoms with E-state index in [2.05, 4.69) is 0 Å². The second kappa shape index (κ2) is 5.20. The Kier molecular flexibility index (Phi) is 4.01. The first-order valence-electron chi connectivity index (χ1n) is 7.83. The van der Waals surface area contributed by atoms with Gasteiger partial charge >= 0.3 is 0 Å². The number of hydrogen-bond acceptors (Lipinski definition) is 5. The molecule has 2 atom stereocenters. The van der Waals surface area contributed by atoms with Crippen LogP contribution in [0.5, 0.6) is 0 Å². The molecule has 0 aromatic heterocycles. The van der Waals surface area contributed by atoms with Crippen LogP contribution in [-0.4, -0.2) is 34.8 Å². The van der Waals surface area contributed by atoms with Gasteiger partial charge in [0.05, 0.1) is 0 Å². The summed E-state index contributed by atoms with van der Waals surface area (Å²) in [6, 6.07) is 0. The highest BCUT2D eigenvalue weighted by Gasteiger charge is 2.68. The van der Waals surface area contributed by atoms with Crippen LogP contribution < -0.4 is 0 Å². The van der Waals surface area contributed by atoms with Gasteiger partial charge in [0.25, 0.3) is 0 Å². The van der Waals surface area contributed by atoms with Crippen LogP contribution in [0.15, 0.2) is 11.6 Å². The van der Waals surface area contributed by atoms with Crippen molar-refractivity contribution in [1.29, 1.82) is 0 Å². The van der Waals surface area contributed by atoms with E-state index in [0.29, 0.717) is 18.4 Å². The fourth-order valence-corrected chi connectivity index (χ4v) is 3.44. The van der Waals surface area contributed by atoms with Crippen LogP contribution in [0.2, 0.25) is 0 Å². The van der Waals surface area contributed by atoms with Crippen molar-refractivity contribution in [1.82, 2.24) is 0 Å². The van der Waals surface area contributed by atoms with Crippen molar-refractivity contribution in [2.45, 2.75) is 66.1 Å². The van der Waals surface area contributed by atoms with Crippen molar-refractivity contribution in [3.05, 3.63) is 11.6 Å². The normalized spacial score (nSPS) is 34.2. The smallest absolute Gasteiger partial charge is 0.173 e. The second-order valence-electron chi connectivity index (χ2n) is 8.14. The first-order chi connectivity index (χ1) is 10.3. The fourth-order valence-electron chi connectivity index (χ4n) is 3.44. The number of carbonyl (C=O) groups excluding carboxylic acids is 4. The average Bonchev–Trinajstić information content (AvgIpc) is 3.08. The zero-order valence-corrected chi connectivity index (χ0v) is 14.6. The molecule has 2 aliphatic carbocycles. The Balaban J connectivity index is 0.000000168. The van der Waals surface area contributed by atoms with Gasteiger partial charge in [0.1, 0.15) is 0 Å². The molecule has 1 aliphatic heterocycles. The molecule has 3 rings (SSSR count). The molecule has 0 N–H and O–H groups in total. The van der Waals surface area contributed by atoms with Crippen LogP contribution in [0.3, 0.4) is 0 Å². The Bertz CT molecular complexity index is 631. The number of hydrogen-bond donors (Lipinski definition) is 0. The lowest BCUT2D eigenvalue weighted by Gasteiger charge is -2.27. The summed E-state index contributed by atoms with van der Waals surface area (Å²) < 4.78 is 5.13. The molecule has 0 bridgehead atoms. The maximum atomic E-state index is 11.7. The molecule has 0 amide bonds. The Morgan fingerprint density at radius 2 is 1.52 bits per heavy atom. The minimum atomic E-state index is -0.779. The summed E-state index contributed by atoms with van der Waals surface area (Å²) in [5, 5.41) is 0. The van der Waals surface area contributed by atoms with Crippen molar-refractivity contribution in [2.75, 3.05) is 0 Å². The van der Waals surface area contributed by atoms with Gasteiger partial charge in [-0.1, -0.05) is 27.7 Å². The van der Waals surface area contributed by atoms with E-state index in [1.807, 2.05) is 13.8 Å². The molecule has 5 heteroatoms. The number of ether oxygens (including phenoxy) is 1. The summed E-state index contributed by atoms with van der Waals surface area (Å²) in [5.41, 5.74) is -1.20. The Morgan fingerprint density at radius 1 is 0.957 bits per heavy atom. The van der Waals surface area contributed by atoms with Gasteiger partial charge in [0, 0.05) is 23.7 Å². The van der Waals surface area contributed by atoms with Crippen LogP contribution in [0, 0.1) is 10.8 Å². The molecule has 1 saturated carbocycles. The van der Waals surface area contributed by atoms with Crippen LogP contribution in [0.4, 0.5) is 0 Å². The van der Waals surface area contributed by atoms with Crippen LogP contribution >= 0.6 is 0 Å². The van der Waals surface area contributed by atoms with E-state index < -0.39 is 22.5 Å². The minimum absolute atomic E-state index is 0.0621. The number of epoxide rings is 1. The molecule has 0 aromatic carbocycles. The van der Waals surface area contributed by atoms with Crippen molar-refractivity contribution in [2.24, 2.45) is 10.8 Å². The van der Waals surface area contributed by atoms with E-state index in [1.54, 1.807) is 27.7 Å². The monoisotopic (exact) mass is 320 g/mol. The summed E-state index contributed by atoms with van der Waals surface area (Å²) in [5.74, 6) is 0.297. The minimum Gasteiger partial charge on any atom is -0.350 e. The number of carbonyl (C=O) groups is 4. The molecule has 2 unspecified atom stereocenters. The van der Waals surface area contributed by atoms with Gasteiger partial charge in [-0.3, -0.25) is 19.2 Å². The molecule has 0 radical (unpaired) electrons. The van der Waals surface area contributed by atoms with E-state index >= 15 is 0 Å². The van der Waals surface area contributed by atoms with Crippen LogP contribution in [0.1, 0.15) is 54.4 Å². The highest BCUT2D eigenvalue weighted by Crippen LogP contribution is 2.49. The van der Waals surface area contributed by atoms with Crippen molar-refractivity contribution < 1.29 is 23.9 Å². The molecule has 0 aromatic rings. The lowest BCUT2D eigenvalue weighted by atomic mass is 9.71. The molecule has 5 nitrogen and oxygen atoms in total. The predicted octanol–water partition coefficient (Wildman–Crippen LogP) is 2.21. The van der Waals surface area contributed by atoms with Gasteiger partial charge in [-0.05, 0) is 25.5 Å². The van der Waals surface area contributed by atoms with E-state index in [0.717, 1.165) is 0 Å². The maximum Gasteiger partial charge on any atom is 0.173 e. The molecular formula is C18H24O5. The SMILES string of the molecule is CC1(C)CC(=O)C2OC2(C)C1=O.CC1=CC(=O)CC(C)(C)C1=O. The Labute approximate surface area is 136 Å². The molecule has 1 heterocycles. The summed E-state index contributed by atoms with van der Waals surface area (Å²) in [6.07, 6.45) is 1.68. The van der Waals surface area contributed by atoms with E-state index in [1.165, 1.54) is 6.08 Å². The molecule has 0 spiro atoms. The van der Waals surface area contributed by atoms with Gasteiger partial charge in [0.2, 0.25) is 0 Å². The first kappa shape index (κ1) is 17.7. The molecule has 3 aliphatic rings. The highest BCUT2D eigenvalue weighted by atomic mass is 16.6. The number of fused-ring (bicyclic) bond motifs is 1. The second-order valence-corrected chi connectivity index (χ2v) is 8.14. The highest BCUT2D eigenvalue weighted by molar-refractivity contribution is 6.11. The molecule has 126 valence electrons. The lowest BCUT2D eigenvalue weighted by molar-refractivity contribution is -0.137. The summed E-state index contributed by atoms with van der Waals surface area (Å²) in [4.78, 5) is 45.4. The van der Waals surface area contributed by atoms with Gasteiger partial charge in [-0.15, -0.1) is 0 Å². The van der Waals surface area contributed by atoms with Gasteiger partial charge in [-0.25, -0.2) is 0 Å². The Morgan fingerprint density at radius 3 is 2.04 bits per heavy atom. The number of rotatable bonds is 0. The molecular weight excluding hydrogens is 296 g/mol. The van der Waals surface area contributed by atoms with Crippen LogP contribution in [0.25, 0.3) is 0 Å². The van der Waals surface area contributed by atoms with Crippen molar-refractivity contribution in [3.63, 3.8) is 0 Å². The van der Waals surface area contributed by atoms with E-state index in [9.17, 15) is 19.2 Å². The van der Waals surface area contributed by atoms with Crippen LogP contribution in [-0.2, 0) is 23.9 Å². The van der Waals surface area contributed by atoms with E-state index in [4.69, 9.17) is 4.74 Å².